The highest BCUT2D eigenvalue weighted by molar-refractivity contribution is 7.13. The van der Waals surface area contributed by atoms with Gasteiger partial charge in [-0.05, 0) is 19.9 Å². The Labute approximate surface area is 123 Å². The van der Waals surface area contributed by atoms with E-state index in [0.717, 1.165) is 10.7 Å². The lowest BCUT2D eigenvalue weighted by molar-refractivity contribution is 0.0939. The molecule has 6 heteroatoms. The summed E-state index contributed by atoms with van der Waals surface area (Å²) in [6.45, 7) is 8.68. The zero-order valence-corrected chi connectivity index (χ0v) is 13.1. The third-order valence-electron chi connectivity index (χ3n) is 2.91. The van der Waals surface area contributed by atoms with Crippen LogP contribution in [0.15, 0.2) is 18.5 Å². The minimum absolute atomic E-state index is 0.0198. The monoisotopic (exact) mass is 292 g/mol. The summed E-state index contributed by atoms with van der Waals surface area (Å²) >= 11 is 1.48. The van der Waals surface area contributed by atoms with Crippen molar-refractivity contribution in [2.75, 3.05) is 0 Å². The van der Waals surface area contributed by atoms with Gasteiger partial charge in [0.2, 0.25) is 0 Å². The van der Waals surface area contributed by atoms with Gasteiger partial charge in [-0.15, -0.1) is 11.3 Å². The van der Waals surface area contributed by atoms with Crippen molar-refractivity contribution in [3.05, 3.63) is 34.0 Å². The quantitative estimate of drug-likeness (QED) is 0.921. The van der Waals surface area contributed by atoms with Crippen molar-refractivity contribution in [3.63, 3.8) is 0 Å². The topological polar surface area (TPSA) is 59.8 Å². The molecule has 2 aromatic rings. The fourth-order valence-electron chi connectivity index (χ4n) is 1.90. The van der Waals surface area contributed by atoms with E-state index in [1.54, 1.807) is 6.20 Å². The standard InChI is InChI=1S/C14H20N4OS/c1-9(2)14-17-11(4)12(20-14)13(19)16-10(3)8-18-7-5-6-15-18/h5-7,9-10H,8H2,1-4H3,(H,16,19)/t10-/m0/s1. The molecule has 20 heavy (non-hydrogen) atoms. The summed E-state index contributed by atoms with van der Waals surface area (Å²) in [7, 11) is 0. The van der Waals surface area contributed by atoms with Gasteiger partial charge in [0.1, 0.15) is 4.88 Å². The van der Waals surface area contributed by atoms with E-state index in [1.807, 2.05) is 30.8 Å². The maximum atomic E-state index is 12.3. The van der Waals surface area contributed by atoms with E-state index in [-0.39, 0.29) is 11.9 Å². The molecule has 0 saturated carbocycles. The van der Waals surface area contributed by atoms with Crippen LogP contribution in [0.1, 0.15) is 47.1 Å². The number of carbonyl (C=O) groups excluding carboxylic acids is 1. The normalized spacial score (nSPS) is 12.7. The van der Waals surface area contributed by atoms with E-state index in [0.29, 0.717) is 17.3 Å². The van der Waals surface area contributed by atoms with Crippen LogP contribution in [0.4, 0.5) is 0 Å². The Morgan fingerprint density at radius 3 is 2.75 bits per heavy atom. The number of aromatic nitrogens is 3. The summed E-state index contributed by atoms with van der Waals surface area (Å²) in [4.78, 5) is 17.4. The van der Waals surface area contributed by atoms with Crippen molar-refractivity contribution >= 4 is 17.2 Å². The molecule has 0 unspecified atom stereocenters. The molecule has 1 N–H and O–H groups in total. The van der Waals surface area contributed by atoms with Gasteiger partial charge in [-0.25, -0.2) is 4.98 Å². The highest BCUT2D eigenvalue weighted by Crippen LogP contribution is 2.24. The van der Waals surface area contributed by atoms with Crippen molar-refractivity contribution in [2.24, 2.45) is 0 Å². The lowest BCUT2D eigenvalue weighted by Gasteiger charge is -2.13. The molecule has 0 aromatic carbocycles. The average Bonchev–Trinajstić information content (AvgIpc) is 2.98. The summed E-state index contributed by atoms with van der Waals surface area (Å²) in [6.07, 6.45) is 3.62. The number of rotatable bonds is 5. The fourth-order valence-corrected chi connectivity index (χ4v) is 2.87. The molecule has 0 radical (unpaired) electrons. The van der Waals surface area contributed by atoms with Crippen LogP contribution in [0, 0.1) is 6.92 Å². The van der Waals surface area contributed by atoms with E-state index < -0.39 is 0 Å². The minimum atomic E-state index is -0.0495. The lowest BCUT2D eigenvalue weighted by Crippen LogP contribution is -2.35. The zero-order valence-electron chi connectivity index (χ0n) is 12.3. The molecule has 2 rings (SSSR count). The molecular formula is C14H20N4OS. The number of aryl methyl sites for hydroxylation is 1. The first-order valence-corrected chi connectivity index (χ1v) is 7.54. The van der Waals surface area contributed by atoms with Gasteiger partial charge in [-0.1, -0.05) is 13.8 Å². The van der Waals surface area contributed by atoms with Gasteiger partial charge in [0.05, 0.1) is 17.2 Å². The highest BCUT2D eigenvalue weighted by atomic mass is 32.1. The second-order valence-electron chi connectivity index (χ2n) is 5.22. The summed E-state index contributed by atoms with van der Waals surface area (Å²) in [5, 5.41) is 8.14. The van der Waals surface area contributed by atoms with Crippen LogP contribution in [-0.4, -0.2) is 26.7 Å². The molecule has 2 aromatic heterocycles. The molecule has 0 bridgehead atoms. The summed E-state index contributed by atoms with van der Waals surface area (Å²) in [5.74, 6) is 0.299. The maximum absolute atomic E-state index is 12.3. The zero-order chi connectivity index (χ0) is 14.7. The first-order valence-electron chi connectivity index (χ1n) is 6.73. The van der Waals surface area contributed by atoms with E-state index in [2.05, 4.69) is 29.2 Å². The van der Waals surface area contributed by atoms with E-state index in [4.69, 9.17) is 0 Å². The van der Waals surface area contributed by atoms with Gasteiger partial charge in [0.15, 0.2) is 0 Å². The molecule has 0 spiro atoms. The molecule has 0 saturated heterocycles. The van der Waals surface area contributed by atoms with Crippen LogP contribution in [0.5, 0.6) is 0 Å². The van der Waals surface area contributed by atoms with Crippen molar-refractivity contribution < 1.29 is 4.79 Å². The van der Waals surface area contributed by atoms with Crippen LogP contribution in [-0.2, 0) is 6.54 Å². The van der Waals surface area contributed by atoms with Crippen molar-refractivity contribution in [2.45, 2.75) is 46.2 Å². The molecule has 1 atom stereocenters. The number of carbonyl (C=O) groups is 1. The second-order valence-corrected chi connectivity index (χ2v) is 6.25. The van der Waals surface area contributed by atoms with Crippen LogP contribution in [0.2, 0.25) is 0 Å². The molecule has 0 aliphatic heterocycles. The van der Waals surface area contributed by atoms with Gasteiger partial charge < -0.3 is 5.32 Å². The van der Waals surface area contributed by atoms with Crippen LogP contribution < -0.4 is 5.32 Å². The first kappa shape index (κ1) is 14.7. The van der Waals surface area contributed by atoms with Gasteiger partial charge in [-0.3, -0.25) is 9.48 Å². The molecule has 0 aliphatic rings. The molecule has 5 nitrogen and oxygen atoms in total. The number of hydrogen-bond acceptors (Lipinski definition) is 4. The minimum Gasteiger partial charge on any atom is -0.347 e. The highest BCUT2D eigenvalue weighted by Gasteiger charge is 2.18. The SMILES string of the molecule is Cc1nc(C(C)C)sc1C(=O)N[C@@H](C)Cn1cccn1. The second kappa shape index (κ2) is 6.17. The Morgan fingerprint density at radius 2 is 2.20 bits per heavy atom. The molecule has 0 aliphatic carbocycles. The Kier molecular flexibility index (Phi) is 4.54. The number of nitrogens with one attached hydrogen (secondary N) is 1. The fraction of sp³-hybridized carbons (Fsp3) is 0.500. The molecule has 2 heterocycles. The van der Waals surface area contributed by atoms with Gasteiger partial charge >= 0.3 is 0 Å². The Hall–Kier alpha value is -1.69. The maximum Gasteiger partial charge on any atom is 0.263 e. The first-order chi connectivity index (χ1) is 9.47. The molecular weight excluding hydrogens is 272 g/mol. The van der Waals surface area contributed by atoms with E-state index in [9.17, 15) is 4.79 Å². The Bertz CT molecular complexity index is 574. The molecule has 1 amide bonds. The van der Waals surface area contributed by atoms with E-state index >= 15 is 0 Å². The van der Waals surface area contributed by atoms with Crippen LogP contribution >= 0.6 is 11.3 Å². The third-order valence-corrected chi connectivity index (χ3v) is 4.37. The van der Waals surface area contributed by atoms with Crippen LogP contribution in [0.25, 0.3) is 0 Å². The number of amides is 1. The van der Waals surface area contributed by atoms with E-state index in [1.165, 1.54) is 11.3 Å². The molecule has 108 valence electrons. The Morgan fingerprint density at radius 1 is 1.45 bits per heavy atom. The van der Waals surface area contributed by atoms with Crippen molar-refractivity contribution in [1.29, 1.82) is 0 Å². The lowest BCUT2D eigenvalue weighted by atomic mass is 10.2. The van der Waals surface area contributed by atoms with Gasteiger partial charge in [0, 0.05) is 24.4 Å². The van der Waals surface area contributed by atoms with Crippen molar-refractivity contribution in [1.82, 2.24) is 20.1 Å². The summed E-state index contributed by atoms with van der Waals surface area (Å²) in [6, 6.07) is 1.89. The largest absolute Gasteiger partial charge is 0.347 e. The predicted octanol–water partition coefficient (Wildman–Crippen LogP) is 2.59. The third kappa shape index (κ3) is 3.45. The van der Waals surface area contributed by atoms with Crippen molar-refractivity contribution in [3.8, 4) is 0 Å². The molecule has 0 fully saturated rings. The Balaban J connectivity index is 2.00. The smallest absolute Gasteiger partial charge is 0.263 e. The van der Waals surface area contributed by atoms with Crippen LogP contribution in [0.3, 0.4) is 0 Å². The predicted molar refractivity (Wildman–Crippen MR) is 80.1 cm³/mol. The van der Waals surface area contributed by atoms with Gasteiger partial charge in [0.25, 0.3) is 5.91 Å². The number of nitrogens with zero attached hydrogens (tertiary/aromatic N) is 3. The summed E-state index contributed by atoms with van der Waals surface area (Å²) < 4.78 is 1.81. The van der Waals surface area contributed by atoms with Gasteiger partial charge in [-0.2, -0.15) is 5.10 Å². The summed E-state index contributed by atoms with van der Waals surface area (Å²) in [5.41, 5.74) is 0.808. The number of thiazole rings is 1. The number of hydrogen-bond donors (Lipinski definition) is 1. The average molecular weight is 292 g/mol.